The van der Waals surface area contributed by atoms with E-state index in [9.17, 15) is 13.6 Å². The highest BCUT2D eigenvalue weighted by atomic mass is 19.3. The van der Waals surface area contributed by atoms with Crippen molar-refractivity contribution in [1.82, 2.24) is 14.9 Å². The number of carbonyl (C=O) groups excluding carboxylic acids is 1. The number of nitrogens with one attached hydrogen (secondary N) is 1. The molecule has 5 nitrogen and oxygen atoms in total. The summed E-state index contributed by atoms with van der Waals surface area (Å²) in [5, 5.41) is 3.33. The Morgan fingerprint density at radius 3 is 2.55 bits per heavy atom. The van der Waals surface area contributed by atoms with E-state index in [0.29, 0.717) is 22.7 Å². The minimum Gasteiger partial charge on any atom is -0.342 e. The van der Waals surface area contributed by atoms with Crippen molar-refractivity contribution in [3.63, 3.8) is 0 Å². The average Bonchev–Trinajstić information content (AvgIpc) is 3.11. The predicted octanol–water partition coefficient (Wildman–Crippen LogP) is 4.59. The van der Waals surface area contributed by atoms with Crippen LogP contribution in [0.4, 0.5) is 14.7 Å². The molecule has 0 unspecified atom stereocenters. The minimum atomic E-state index is -2.93. The second kappa shape index (κ2) is 8.38. The van der Waals surface area contributed by atoms with Crippen molar-refractivity contribution in [2.75, 3.05) is 25.0 Å². The molecular weight excluding hydrogens is 398 g/mol. The maximum Gasteiger partial charge on any atom is 0.270 e. The van der Waals surface area contributed by atoms with E-state index in [2.05, 4.69) is 10.2 Å². The summed E-state index contributed by atoms with van der Waals surface area (Å²) >= 11 is 0. The zero-order chi connectivity index (χ0) is 22.2. The number of hydrogen-bond donors (Lipinski definition) is 1. The molecule has 1 aromatic heterocycles. The SMILES string of the molecule is CNC1CCN(c2nc3cc(C(C)=O)ccc3n2Cc2ccccc2C(C)(F)F)CC1. The lowest BCUT2D eigenvalue weighted by molar-refractivity contribution is 0.0165. The number of halogens is 2. The van der Waals surface area contributed by atoms with Gasteiger partial charge >= 0.3 is 0 Å². The number of carbonyl (C=O) groups is 1. The Bertz CT molecular complexity index is 1090. The number of anilines is 1. The molecule has 4 rings (SSSR count). The molecule has 0 saturated carbocycles. The number of rotatable bonds is 6. The molecule has 1 fully saturated rings. The molecule has 164 valence electrons. The Kier molecular flexibility index (Phi) is 5.79. The summed E-state index contributed by atoms with van der Waals surface area (Å²) in [6.07, 6.45) is 1.98. The lowest BCUT2D eigenvalue weighted by Gasteiger charge is -2.33. The molecule has 2 aromatic carbocycles. The summed E-state index contributed by atoms with van der Waals surface area (Å²) in [5.74, 6) is -2.19. The monoisotopic (exact) mass is 426 g/mol. The second-order valence-electron chi connectivity index (χ2n) is 8.35. The van der Waals surface area contributed by atoms with Gasteiger partial charge in [-0.25, -0.2) is 13.8 Å². The van der Waals surface area contributed by atoms with E-state index in [-0.39, 0.29) is 17.9 Å². The molecule has 0 amide bonds. The van der Waals surface area contributed by atoms with E-state index < -0.39 is 5.92 Å². The van der Waals surface area contributed by atoms with E-state index in [4.69, 9.17) is 4.98 Å². The van der Waals surface area contributed by atoms with Crippen molar-refractivity contribution in [1.29, 1.82) is 0 Å². The van der Waals surface area contributed by atoms with Crippen LogP contribution in [0.2, 0.25) is 0 Å². The quantitative estimate of drug-likeness (QED) is 0.586. The van der Waals surface area contributed by atoms with Gasteiger partial charge in [-0.1, -0.05) is 24.3 Å². The Morgan fingerprint density at radius 2 is 1.90 bits per heavy atom. The van der Waals surface area contributed by atoms with Gasteiger partial charge in [0.05, 0.1) is 17.6 Å². The van der Waals surface area contributed by atoms with E-state index in [0.717, 1.165) is 44.3 Å². The molecule has 3 aromatic rings. The van der Waals surface area contributed by atoms with Crippen LogP contribution in [0.25, 0.3) is 11.0 Å². The number of nitrogens with zero attached hydrogens (tertiary/aromatic N) is 3. The van der Waals surface area contributed by atoms with Gasteiger partial charge in [0.15, 0.2) is 5.78 Å². The molecule has 1 N–H and O–H groups in total. The van der Waals surface area contributed by atoms with Crippen molar-refractivity contribution < 1.29 is 13.6 Å². The Hall–Kier alpha value is -2.80. The largest absolute Gasteiger partial charge is 0.342 e. The summed E-state index contributed by atoms with van der Waals surface area (Å²) in [6, 6.07) is 12.6. The van der Waals surface area contributed by atoms with Gasteiger partial charge in [0.2, 0.25) is 5.95 Å². The fraction of sp³-hybridized carbons (Fsp3) is 0.417. The number of ketones is 1. The maximum absolute atomic E-state index is 14.3. The summed E-state index contributed by atoms with van der Waals surface area (Å²) in [6.45, 7) is 4.42. The fourth-order valence-corrected chi connectivity index (χ4v) is 4.36. The topological polar surface area (TPSA) is 50.2 Å². The number of hydrogen-bond acceptors (Lipinski definition) is 4. The van der Waals surface area contributed by atoms with Crippen LogP contribution in [0.3, 0.4) is 0 Å². The first-order valence-corrected chi connectivity index (χ1v) is 10.7. The normalized spacial score (nSPS) is 15.6. The Balaban J connectivity index is 1.80. The van der Waals surface area contributed by atoms with Gasteiger partial charge in [0.25, 0.3) is 5.92 Å². The Morgan fingerprint density at radius 1 is 1.19 bits per heavy atom. The van der Waals surface area contributed by atoms with Crippen molar-refractivity contribution in [2.45, 2.75) is 45.2 Å². The summed E-state index contributed by atoms with van der Waals surface area (Å²) in [5.41, 5.74) is 2.73. The standard InChI is InChI=1S/C24H28F2N4O/c1-16(31)17-8-9-22-21(14-17)28-23(29-12-10-19(27-3)11-13-29)30(22)15-18-6-4-5-7-20(18)24(2,25)26/h4-9,14,19,27H,10-13,15H2,1-3H3. The van der Waals surface area contributed by atoms with Gasteiger partial charge in [-0.3, -0.25) is 4.79 Å². The highest BCUT2D eigenvalue weighted by Crippen LogP contribution is 2.33. The number of imidazole rings is 1. The molecule has 0 radical (unpaired) electrons. The lowest BCUT2D eigenvalue weighted by atomic mass is 10.0. The van der Waals surface area contributed by atoms with Crippen molar-refractivity contribution in [3.8, 4) is 0 Å². The molecule has 31 heavy (non-hydrogen) atoms. The number of Topliss-reactive ketones (excluding diaryl/α,β-unsaturated/α-hetero) is 1. The van der Waals surface area contributed by atoms with Gasteiger partial charge in [0, 0.05) is 37.2 Å². The molecule has 2 heterocycles. The molecule has 0 bridgehead atoms. The third-order valence-corrected chi connectivity index (χ3v) is 6.14. The van der Waals surface area contributed by atoms with Crippen LogP contribution in [0.15, 0.2) is 42.5 Å². The van der Waals surface area contributed by atoms with Gasteiger partial charge < -0.3 is 14.8 Å². The molecule has 7 heteroatoms. The average molecular weight is 427 g/mol. The molecule has 0 atom stereocenters. The second-order valence-corrected chi connectivity index (χ2v) is 8.35. The molecule has 1 aliphatic rings. The highest BCUT2D eigenvalue weighted by molar-refractivity contribution is 5.97. The molecule has 0 aliphatic carbocycles. The Labute approximate surface area is 181 Å². The van der Waals surface area contributed by atoms with Gasteiger partial charge in [-0.15, -0.1) is 0 Å². The van der Waals surface area contributed by atoms with E-state index >= 15 is 0 Å². The van der Waals surface area contributed by atoms with E-state index in [1.807, 2.05) is 17.7 Å². The zero-order valence-electron chi connectivity index (χ0n) is 18.2. The predicted molar refractivity (Wildman–Crippen MR) is 119 cm³/mol. The van der Waals surface area contributed by atoms with Crippen LogP contribution in [-0.4, -0.2) is 41.5 Å². The van der Waals surface area contributed by atoms with Crippen LogP contribution >= 0.6 is 0 Å². The van der Waals surface area contributed by atoms with Crippen LogP contribution in [0.1, 0.15) is 48.2 Å². The molecule has 1 aliphatic heterocycles. The van der Waals surface area contributed by atoms with Crippen molar-refractivity contribution in [2.24, 2.45) is 0 Å². The van der Waals surface area contributed by atoms with Crippen LogP contribution in [0.5, 0.6) is 0 Å². The molecular formula is C24H28F2N4O. The number of aromatic nitrogens is 2. The molecule has 0 spiro atoms. The molecule has 1 saturated heterocycles. The number of alkyl halides is 2. The third-order valence-electron chi connectivity index (χ3n) is 6.14. The summed E-state index contributed by atoms with van der Waals surface area (Å²) in [7, 11) is 1.97. The number of benzene rings is 2. The van der Waals surface area contributed by atoms with E-state index in [1.54, 1.807) is 30.3 Å². The first-order valence-electron chi connectivity index (χ1n) is 10.7. The smallest absolute Gasteiger partial charge is 0.270 e. The lowest BCUT2D eigenvalue weighted by Crippen LogP contribution is -2.42. The number of piperidine rings is 1. The minimum absolute atomic E-state index is 0.0243. The highest BCUT2D eigenvalue weighted by Gasteiger charge is 2.29. The zero-order valence-corrected chi connectivity index (χ0v) is 18.2. The van der Waals surface area contributed by atoms with Gasteiger partial charge in [0.1, 0.15) is 0 Å². The van der Waals surface area contributed by atoms with Crippen LogP contribution < -0.4 is 10.2 Å². The van der Waals surface area contributed by atoms with Crippen LogP contribution in [0, 0.1) is 0 Å². The van der Waals surface area contributed by atoms with Gasteiger partial charge in [-0.05, 0) is 50.6 Å². The third kappa shape index (κ3) is 4.32. The maximum atomic E-state index is 14.3. The van der Waals surface area contributed by atoms with Crippen molar-refractivity contribution in [3.05, 3.63) is 59.2 Å². The first-order chi connectivity index (χ1) is 14.8. The van der Waals surface area contributed by atoms with Crippen LogP contribution in [-0.2, 0) is 12.5 Å². The number of fused-ring (bicyclic) bond motifs is 1. The van der Waals surface area contributed by atoms with Gasteiger partial charge in [-0.2, -0.15) is 0 Å². The summed E-state index contributed by atoms with van der Waals surface area (Å²) in [4.78, 5) is 18.9. The van der Waals surface area contributed by atoms with E-state index in [1.165, 1.54) is 13.0 Å². The summed E-state index contributed by atoms with van der Waals surface area (Å²) < 4.78 is 30.5. The van der Waals surface area contributed by atoms with Crippen molar-refractivity contribution >= 4 is 22.8 Å². The fourth-order valence-electron chi connectivity index (χ4n) is 4.36. The first kappa shape index (κ1) is 21.4.